The number of amides is 1. The molecule has 2 N–H and O–H groups in total. The molecule has 1 amide bonds. The minimum atomic E-state index is -0.460. The number of H-pyrrole nitrogens is 1. The van der Waals surface area contributed by atoms with Gasteiger partial charge in [-0.05, 0) is 34.1 Å². The highest BCUT2D eigenvalue weighted by molar-refractivity contribution is 9.10. The number of nitrogens with zero attached hydrogens (tertiary/aromatic N) is 2. The van der Waals surface area contributed by atoms with Crippen molar-refractivity contribution < 1.29 is 9.18 Å². The second-order valence-corrected chi connectivity index (χ2v) is 6.26. The number of rotatable bonds is 4. The molecule has 0 atom stereocenters. The van der Waals surface area contributed by atoms with Crippen molar-refractivity contribution in [3.63, 3.8) is 0 Å². The monoisotopic (exact) mass is 380 g/mol. The van der Waals surface area contributed by atoms with Crippen molar-refractivity contribution in [2.75, 3.05) is 11.1 Å². The van der Waals surface area contributed by atoms with Crippen molar-refractivity contribution in [3.8, 4) is 0 Å². The third-order valence-electron chi connectivity index (χ3n) is 2.77. The molecule has 2 aromatic heterocycles. The topological polar surface area (TPSA) is 70.7 Å². The number of para-hydroxylation sites is 1. The first-order chi connectivity index (χ1) is 10.6. The van der Waals surface area contributed by atoms with Crippen molar-refractivity contribution in [2.45, 2.75) is 5.16 Å². The summed E-state index contributed by atoms with van der Waals surface area (Å²) < 4.78 is 14.3. The van der Waals surface area contributed by atoms with Crippen LogP contribution >= 0.6 is 27.7 Å². The van der Waals surface area contributed by atoms with Crippen LogP contribution in [0.25, 0.3) is 11.2 Å². The Kier molecular flexibility index (Phi) is 4.39. The SMILES string of the molecule is O=C(CSc1nc2ncc(Br)cc2[nH]1)Nc1ccccc1F. The number of hydrogen-bond donors (Lipinski definition) is 2. The van der Waals surface area contributed by atoms with Gasteiger partial charge in [0.2, 0.25) is 5.91 Å². The number of pyridine rings is 1. The molecule has 2 heterocycles. The second kappa shape index (κ2) is 6.45. The molecule has 3 rings (SSSR count). The number of imidazole rings is 1. The summed E-state index contributed by atoms with van der Waals surface area (Å²) in [7, 11) is 0. The number of halogens is 2. The number of benzene rings is 1. The quantitative estimate of drug-likeness (QED) is 0.678. The van der Waals surface area contributed by atoms with Crippen molar-refractivity contribution in [3.05, 3.63) is 46.8 Å². The van der Waals surface area contributed by atoms with Gasteiger partial charge in [0.1, 0.15) is 5.82 Å². The molecule has 112 valence electrons. The Hall–Kier alpha value is -1.93. The van der Waals surface area contributed by atoms with Gasteiger partial charge in [0.15, 0.2) is 10.8 Å². The van der Waals surface area contributed by atoms with Gasteiger partial charge in [-0.25, -0.2) is 14.4 Å². The maximum absolute atomic E-state index is 13.4. The lowest BCUT2D eigenvalue weighted by atomic mass is 10.3. The largest absolute Gasteiger partial charge is 0.331 e. The first-order valence-corrected chi connectivity index (χ1v) is 8.08. The summed E-state index contributed by atoms with van der Waals surface area (Å²) >= 11 is 4.56. The van der Waals surface area contributed by atoms with Crippen LogP contribution in [0.4, 0.5) is 10.1 Å². The number of carbonyl (C=O) groups is 1. The molecule has 8 heteroatoms. The number of nitrogens with one attached hydrogen (secondary N) is 2. The van der Waals surface area contributed by atoms with Crippen LogP contribution < -0.4 is 5.32 Å². The molecule has 0 unspecified atom stereocenters. The van der Waals surface area contributed by atoms with Crippen LogP contribution in [0.15, 0.2) is 46.2 Å². The van der Waals surface area contributed by atoms with E-state index in [0.717, 1.165) is 9.99 Å². The molecule has 0 aliphatic heterocycles. The van der Waals surface area contributed by atoms with E-state index in [1.165, 1.54) is 23.9 Å². The summed E-state index contributed by atoms with van der Waals surface area (Å²) in [5, 5.41) is 3.11. The predicted octanol–water partition coefficient (Wildman–Crippen LogP) is 3.59. The molecule has 0 aliphatic rings. The van der Waals surface area contributed by atoms with Gasteiger partial charge in [-0.2, -0.15) is 0 Å². The van der Waals surface area contributed by atoms with Gasteiger partial charge >= 0.3 is 0 Å². The van der Waals surface area contributed by atoms with E-state index in [0.29, 0.717) is 10.8 Å². The lowest BCUT2D eigenvalue weighted by Gasteiger charge is -2.04. The van der Waals surface area contributed by atoms with Crippen LogP contribution in [0.3, 0.4) is 0 Å². The van der Waals surface area contributed by atoms with Crippen molar-refractivity contribution in [2.24, 2.45) is 0 Å². The molecule has 22 heavy (non-hydrogen) atoms. The highest BCUT2D eigenvalue weighted by Gasteiger charge is 2.10. The molecular weight excluding hydrogens is 371 g/mol. The maximum Gasteiger partial charge on any atom is 0.234 e. The van der Waals surface area contributed by atoms with Gasteiger partial charge in [0.05, 0.1) is 17.0 Å². The smallest absolute Gasteiger partial charge is 0.234 e. The summed E-state index contributed by atoms with van der Waals surface area (Å²) in [5.41, 5.74) is 1.54. The predicted molar refractivity (Wildman–Crippen MR) is 87.3 cm³/mol. The van der Waals surface area contributed by atoms with E-state index in [-0.39, 0.29) is 17.3 Å². The average Bonchev–Trinajstić information content (AvgIpc) is 2.89. The van der Waals surface area contributed by atoms with Crippen LogP contribution in [0.5, 0.6) is 0 Å². The van der Waals surface area contributed by atoms with Gasteiger partial charge in [-0.15, -0.1) is 0 Å². The van der Waals surface area contributed by atoms with E-state index in [2.05, 4.69) is 36.2 Å². The molecule has 5 nitrogen and oxygen atoms in total. The molecule has 0 saturated carbocycles. The van der Waals surface area contributed by atoms with Gasteiger partial charge in [0.25, 0.3) is 0 Å². The molecular formula is C14H10BrFN4OS. The number of aromatic amines is 1. The zero-order chi connectivity index (χ0) is 15.5. The normalized spacial score (nSPS) is 10.8. The fourth-order valence-corrected chi connectivity index (χ4v) is 2.81. The highest BCUT2D eigenvalue weighted by Crippen LogP contribution is 2.21. The standard InChI is InChI=1S/C14H10BrFN4OS/c15-8-5-11-13(17-6-8)20-14(19-11)22-7-12(21)18-10-4-2-1-3-9(10)16/h1-6H,7H2,(H,18,21)(H,17,19,20). The number of hydrogen-bond acceptors (Lipinski definition) is 4. The zero-order valence-electron chi connectivity index (χ0n) is 11.1. The molecule has 0 aliphatic carbocycles. The molecule has 0 saturated heterocycles. The number of fused-ring (bicyclic) bond motifs is 1. The summed E-state index contributed by atoms with van der Waals surface area (Å²) in [6, 6.07) is 7.90. The molecule has 0 radical (unpaired) electrons. The Morgan fingerprint density at radius 1 is 1.41 bits per heavy atom. The van der Waals surface area contributed by atoms with Crippen LogP contribution in [0, 0.1) is 5.82 Å². The highest BCUT2D eigenvalue weighted by atomic mass is 79.9. The van der Waals surface area contributed by atoms with E-state index in [1.54, 1.807) is 18.3 Å². The minimum Gasteiger partial charge on any atom is -0.331 e. The Morgan fingerprint density at radius 2 is 2.23 bits per heavy atom. The van der Waals surface area contributed by atoms with E-state index >= 15 is 0 Å². The number of aromatic nitrogens is 3. The Labute approximate surface area is 137 Å². The lowest BCUT2D eigenvalue weighted by molar-refractivity contribution is -0.113. The fourth-order valence-electron chi connectivity index (χ4n) is 1.80. The van der Waals surface area contributed by atoms with E-state index < -0.39 is 5.82 Å². The summed E-state index contributed by atoms with van der Waals surface area (Å²) in [6.07, 6.45) is 1.66. The summed E-state index contributed by atoms with van der Waals surface area (Å²) in [4.78, 5) is 23.3. The van der Waals surface area contributed by atoms with E-state index in [4.69, 9.17) is 0 Å². The van der Waals surface area contributed by atoms with Crippen LogP contribution in [0.2, 0.25) is 0 Å². The molecule has 0 bridgehead atoms. The Balaban J connectivity index is 1.63. The van der Waals surface area contributed by atoms with Crippen molar-refractivity contribution in [1.82, 2.24) is 15.0 Å². The molecule has 0 fully saturated rings. The van der Waals surface area contributed by atoms with Gasteiger partial charge < -0.3 is 10.3 Å². The molecule has 3 aromatic rings. The van der Waals surface area contributed by atoms with Crippen LogP contribution in [-0.4, -0.2) is 26.6 Å². The van der Waals surface area contributed by atoms with E-state index in [9.17, 15) is 9.18 Å². The van der Waals surface area contributed by atoms with Crippen molar-refractivity contribution >= 4 is 50.5 Å². The Morgan fingerprint density at radius 3 is 3.05 bits per heavy atom. The number of anilines is 1. The summed E-state index contributed by atoms with van der Waals surface area (Å²) in [5.74, 6) is -0.640. The minimum absolute atomic E-state index is 0.120. The third-order valence-corrected chi connectivity index (χ3v) is 4.08. The van der Waals surface area contributed by atoms with Crippen LogP contribution in [0.1, 0.15) is 0 Å². The fraction of sp³-hybridized carbons (Fsp3) is 0.0714. The second-order valence-electron chi connectivity index (χ2n) is 4.38. The average molecular weight is 381 g/mol. The molecule has 1 aromatic carbocycles. The maximum atomic E-state index is 13.4. The first-order valence-electron chi connectivity index (χ1n) is 6.30. The molecule has 0 spiro atoms. The zero-order valence-corrected chi connectivity index (χ0v) is 13.5. The van der Waals surface area contributed by atoms with Gasteiger partial charge in [-0.1, -0.05) is 23.9 Å². The number of carbonyl (C=O) groups excluding carboxylic acids is 1. The van der Waals surface area contributed by atoms with Crippen LogP contribution in [-0.2, 0) is 4.79 Å². The summed E-state index contributed by atoms with van der Waals surface area (Å²) in [6.45, 7) is 0. The lowest BCUT2D eigenvalue weighted by Crippen LogP contribution is -2.15. The van der Waals surface area contributed by atoms with E-state index in [1.807, 2.05) is 6.07 Å². The third kappa shape index (κ3) is 3.45. The van der Waals surface area contributed by atoms with Gasteiger partial charge in [0, 0.05) is 10.7 Å². The Bertz CT molecular complexity index is 839. The number of thioether (sulfide) groups is 1. The first kappa shape index (κ1) is 15.0. The van der Waals surface area contributed by atoms with Gasteiger partial charge in [-0.3, -0.25) is 4.79 Å². The van der Waals surface area contributed by atoms with Crippen molar-refractivity contribution in [1.29, 1.82) is 0 Å².